The molecule has 31 heavy (non-hydrogen) atoms. The summed E-state index contributed by atoms with van der Waals surface area (Å²) in [5, 5.41) is 3.46. The molecule has 1 aliphatic heterocycles. The number of benzene rings is 2. The van der Waals surface area contributed by atoms with Crippen LogP contribution >= 0.6 is 0 Å². The molecule has 3 aromatic rings. The second-order valence-electron chi connectivity index (χ2n) is 8.19. The van der Waals surface area contributed by atoms with Gasteiger partial charge >= 0.3 is 0 Å². The lowest BCUT2D eigenvalue weighted by molar-refractivity contribution is 0.0161. The first-order valence-electron chi connectivity index (χ1n) is 10.6. The van der Waals surface area contributed by atoms with Crippen molar-refractivity contribution in [1.82, 2.24) is 10.2 Å². The van der Waals surface area contributed by atoms with Crippen LogP contribution in [0.4, 0.5) is 0 Å². The van der Waals surface area contributed by atoms with Crippen molar-refractivity contribution in [3.63, 3.8) is 0 Å². The summed E-state index contributed by atoms with van der Waals surface area (Å²) in [6.07, 6.45) is 0. The fourth-order valence-electron chi connectivity index (χ4n) is 3.94. The summed E-state index contributed by atoms with van der Waals surface area (Å²) in [4.78, 5) is 27.7. The maximum Gasteiger partial charge on any atom is 0.287 e. The topological polar surface area (TPSA) is 71.8 Å². The molecule has 1 atom stereocenters. The molecule has 162 valence electrons. The van der Waals surface area contributed by atoms with Crippen LogP contribution in [0.3, 0.4) is 0 Å². The molecule has 1 amide bonds. The van der Waals surface area contributed by atoms with Gasteiger partial charge < -0.3 is 14.5 Å². The van der Waals surface area contributed by atoms with E-state index >= 15 is 0 Å². The van der Waals surface area contributed by atoms with Crippen molar-refractivity contribution in [2.75, 3.05) is 32.8 Å². The van der Waals surface area contributed by atoms with Crippen LogP contribution in [0.25, 0.3) is 11.0 Å². The van der Waals surface area contributed by atoms with Gasteiger partial charge in [0.05, 0.1) is 24.6 Å². The van der Waals surface area contributed by atoms with E-state index in [9.17, 15) is 9.59 Å². The number of hydrogen-bond donors (Lipinski definition) is 1. The first-order valence-corrected chi connectivity index (χ1v) is 10.6. The smallest absolute Gasteiger partial charge is 0.287 e. The Hall–Kier alpha value is -2.96. The first kappa shape index (κ1) is 21.3. The van der Waals surface area contributed by atoms with E-state index in [1.807, 2.05) is 26.0 Å². The summed E-state index contributed by atoms with van der Waals surface area (Å²) >= 11 is 0. The normalized spacial score (nSPS) is 15.7. The van der Waals surface area contributed by atoms with Crippen molar-refractivity contribution in [3.8, 4) is 0 Å². The molecule has 0 saturated carbocycles. The van der Waals surface area contributed by atoms with E-state index in [-0.39, 0.29) is 23.1 Å². The van der Waals surface area contributed by atoms with Gasteiger partial charge in [-0.05, 0) is 49.6 Å². The van der Waals surface area contributed by atoms with Crippen molar-refractivity contribution in [2.45, 2.75) is 26.8 Å². The maximum atomic E-state index is 12.9. The van der Waals surface area contributed by atoms with Gasteiger partial charge in [0.15, 0.2) is 11.2 Å². The van der Waals surface area contributed by atoms with E-state index in [4.69, 9.17) is 9.15 Å². The largest absolute Gasteiger partial charge is 0.451 e. The zero-order chi connectivity index (χ0) is 22.0. The molecule has 6 heteroatoms. The molecule has 0 spiro atoms. The first-order chi connectivity index (χ1) is 14.9. The highest BCUT2D eigenvalue weighted by atomic mass is 16.5. The third-order valence-electron chi connectivity index (χ3n) is 5.97. The zero-order valence-electron chi connectivity index (χ0n) is 18.2. The van der Waals surface area contributed by atoms with Crippen LogP contribution in [-0.4, -0.2) is 43.7 Å². The van der Waals surface area contributed by atoms with Crippen molar-refractivity contribution in [2.24, 2.45) is 0 Å². The summed E-state index contributed by atoms with van der Waals surface area (Å²) < 4.78 is 11.3. The van der Waals surface area contributed by atoms with Crippen LogP contribution in [0.2, 0.25) is 0 Å². The molecule has 1 aliphatic rings. The predicted molar refractivity (Wildman–Crippen MR) is 121 cm³/mol. The Kier molecular flexibility index (Phi) is 6.20. The van der Waals surface area contributed by atoms with E-state index in [2.05, 4.69) is 41.4 Å². The summed E-state index contributed by atoms with van der Waals surface area (Å²) in [6.45, 7) is 9.33. The van der Waals surface area contributed by atoms with Crippen molar-refractivity contribution in [3.05, 3.63) is 80.7 Å². The molecule has 1 unspecified atom stereocenters. The minimum Gasteiger partial charge on any atom is -0.451 e. The van der Waals surface area contributed by atoms with Gasteiger partial charge in [-0.2, -0.15) is 0 Å². The van der Waals surface area contributed by atoms with E-state index in [1.54, 1.807) is 0 Å². The molecule has 1 saturated heterocycles. The Bertz CT molecular complexity index is 1140. The summed E-state index contributed by atoms with van der Waals surface area (Å²) in [7, 11) is 0. The van der Waals surface area contributed by atoms with Gasteiger partial charge in [0, 0.05) is 25.7 Å². The number of nitrogens with zero attached hydrogens (tertiary/aromatic N) is 1. The minimum absolute atomic E-state index is 0.0190. The Morgan fingerprint density at radius 3 is 2.42 bits per heavy atom. The molecule has 1 N–H and O–H groups in total. The standard InChI is InChI=1S/C25H28N2O4/c1-16-4-6-19(7-5-16)21(27-8-10-30-11-9-27)15-26-25(29)24-14-22(28)20-12-17(2)18(3)13-23(20)31-24/h4-7,12-14,21H,8-11,15H2,1-3H3,(H,26,29). The van der Waals surface area contributed by atoms with Gasteiger partial charge in [-0.1, -0.05) is 29.8 Å². The van der Waals surface area contributed by atoms with Gasteiger partial charge in [-0.25, -0.2) is 0 Å². The number of amides is 1. The third kappa shape index (κ3) is 4.70. The zero-order valence-corrected chi connectivity index (χ0v) is 18.2. The predicted octanol–water partition coefficient (Wildman–Crippen LogP) is 3.52. The fraction of sp³-hybridized carbons (Fsp3) is 0.360. The van der Waals surface area contributed by atoms with E-state index in [1.165, 1.54) is 11.6 Å². The van der Waals surface area contributed by atoms with Gasteiger partial charge in [0.25, 0.3) is 5.91 Å². The number of carbonyl (C=O) groups is 1. The summed E-state index contributed by atoms with van der Waals surface area (Å²) in [5.41, 5.74) is 4.58. The van der Waals surface area contributed by atoms with E-state index in [0.29, 0.717) is 30.7 Å². The number of carbonyl (C=O) groups excluding carboxylic acids is 1. The molecular weight excluding hydrogens is 392 g/mol. The molecule has 0 bridgehead atoms. The second kappa shape index (κ2) is 9.04. The Labute approximate surface area is 181 Å². The number of morpholine rings is 1. The second-order valence-corrected chi connectivity index (χ2v) is 8.19. The number of hydrogen-bond acceptors (Lipinski definition) is 5. The number of fused-ring (bicyclic) bond motifs is 1. The van der Waals surface area contributed by atoms with Crippen LogP contribution in [0, 0.1) is 20.8 Å². The molecule has 0 aliphatic carbocycles. The highest BCUT2D eigenvalue weighted by molar-refractivity contribution is 5.93. The molecular formula is C25H28N2O4. The number of rotatable bonds is 5. The number of ether oxygens (including phenoxy) is 1. The average molecular weight is 421 g/mol. The van der Waals surface area contributed by atoms with Crippen LogP contribution in [0.15, 0.2) is 51.7 Å². The summed E-state index contributed by atoms with van der Waals surface area (Å²) in [6, 6.07) is 13.3. The van der Waals surface area contributed by atoms with Crippen LogP contribution < -0.4 is 10.7 Å². The van der Waals surface area contributed by atoms with E-state index in [0.717, 1.165) is 29.8 Å². The lowest BCUT2D eigenvalue weighted by Gasteiger charge is -2.35. The molecule has 1 fully saturated rings. The van der Waals surface area contributed by atoms with Crippen LogP contribution in [0.1, 0.15) is 38.9 Å². The summed E-state index contributed by atoms with van der Waals surface area (Å²) in [5.74, 6) is -0.354. The SMILES string of the molecule is Cc1ccc(C(CNC(=O)c2cc(=O)c3cc(C)c(C)cc3o2)N2CCOCC2)cc1. The van der Waals surface area contributed by atoms with Gasteiger partial charge in [-0.3, -0.25) is 14.5 Å². The van der Waals surface area contributed by atoms with Gasteiger partial charge in [0.1, 0.15) is 5.58 Å². The van der Waals surface area contributed by atoms with Crippen LogP contribution in [0.5, 0.6) is 0 Å². The quantitative estimate of drug-likeness (QED) is 0.684. The fourth-order valence-corrected chi connectivity index (χ4v) is 3.94. The molecule has 0 radical (unpaired) electrons. The molecule has 1 aromatic heterocycles. The molecule has 4 rings (SSSR count). The van der Waals surface area contributed by atoms with Gasteiger partial charge in [-0.15, -0.1) is 0 Å². The maximum absolute atomic E-state index is 12.9. The molecule has 6 nitrogen and oxygen atoms in total. The average Bonchev–Trinajstić information content (AvgIpc) is 2.77. The number of nitrogens with one attached hydrogen (secondary N) is 1. The highest BCUT2D eigenvalue weighted by Gasteiger charge is 2.24. The van der Waals surface area contributed by atoms with Crippen molar-refractivity contribution >= 4 is 16.9 Å². The highest BCUT2D eigenvalue weighted by Crippen LogP contribution is 2.22. The van der Waals surface area contributed by atoms with E-state index < -0.39 is 0 Å². The third-order valence-corrected chi connectivity index (χ3v) is 5.97. The van der Waals surface area contributed by atoms with Gasteiger partial charge in [0.2, 0.25) is 0 Å². The van der Waals surface area contributed by atoms with Crippen molar-refractivity contribution in [1.29, 1.82) is 0 Å². The Balaban J connectivity index is 1.56. The Morgan fingerprint density at radius 2 is 1.71 bits per heavy atom. The number of aryl methyl sites for hydroxylation is 3. The van der Waals surface area contributed by atoms with Crippen LogP contribution in [-0.2, 0) is 4.74 Å². The molecule has 2 aromatic carbocycles. The molecule has 2 heterocycles. The lowest BCUT2D eigenvalue weighted by Crippen LogP contribution is -2.43. The lowest BCUT2D eigenvalue weighted by atomic mass is 10.0. The Morgan fingerprint density at radius 1 is 1.03 bits per heavy atom. The monoisotopic (exact) mass is 420 g/mol. The van der Waals surface area contributed by atoms with Crippen molar-refractivity contribution < 1.29 is 13.9 Å². The minimum atomic E-state index is -0.386.